The van der Waals surface area contributed by atoms with Crippen molar-refractivity contribution in [3.8, 4) is 6.07 Å². The number of amides is 1. The Balaban J connectivity index is 2.28. The summed E-state index contributed by atoms with van der Waals surface area (Å²) in [5.74, 6) is -0.579. The molecule has 1 N–H and O–H groups in total. The Morgan fingerprint density at radius 2 is 1.96 bits per heavy atom. The summed E-state index contributed by atoms with van der Waals surface area (Å²) in [6, 6.07) is 14.9. The number of nitro benzene ring substituents is 1. The van der Waals surface area contributed by atoms with Crippen molar-refractivity contribution in [2.45, 2.75) is 0 Å². The number of nitro groups is 1. The number of nitriles is 1. The molecule has 1 amide bonds. The monoisotopic (exact) mass is 371 g/mol. The number of hydrogen-bond acceptors (Lipinski definition) is 4. The normalized spacial score (nSPS) is 10.7. The van der Waals surface area contributed by atoms with E-state index in [0.29, 0.717) is 15.7 Å². The van der Waals surface area contributed by atoms with E-state index in [1.807, 2.05) is 0 Å². The van der Waals surface area contributed by atoms with Crippen LogP contribution in [0.1, 0.15) is 5.56 Å². The van der Waals surface area contributed by atoms with Crippen LogP contribution < -0.4 is 5.32 Å². The van der Waals surface area contributed by atoms with E-state index >= 15 is 0 Å². The molecular formula is C16H10BrN3O3. The van der Waals surface area contributed by atoms with Crippen molar-refractivity contribution >= 4 is 39.3 Å². The highest BCUT2D eigenvalue weighted by Gasteiger charge is 2.14. The Bertz CT molecular complexity index is 826. The summed E-state index contributed by atoms with van der Waals surface area (Å²) in [5.41, 5.74) is 0.657. The van der Waals surface area contributed by atoms with Crippen molar-refractivity contribution in [3.05, 3.63) is 74.3 Å². The highest BCUT2D eigenvalue weighted by atomic mass is 79.9. The van der Waals surface area contributed by atoms with Crippen LogP contribution in [0, 0.1) is 21.4 Å². The van der Waals surface area contributed by atoms with E-state index in [1.54, 1.807) is 42.5 Å². The second-order valence-corrected chi connectivity index (χ2v) is 5.31. The summed E-state index contributed by atoms with van der Waals surface area (Å²) >= 11 is 3.08. The lowest BCUT2D eigenvalue weighted by Crippen LogP contribution is -2.13. The topological polar surface area (TPSA) is 96.0 Å². The van der Waals surface area contributed by atoms with Crippen LogP contribution in [0.3, 0.4) is 0 Å². The van der Waals surface area contributed by atoms with Gasteiger partial charge >= 0.3 is 0 Å². The van der Waals surface area contributed by atoms with E-state index in [1.165, 1.54) is 18.2 Å². The van der Waals surface area contributed by atoms with Crippen molar-refractivity contribution in [2.75, 3.05) is 5.32 Å². The molecule has 2 rings (SSSR count). The smallest absolute Gasteiger partial charge is 0.284 e. The zero-order valence-corrected chi connectivity index (χ0v) is 13.3. The lowest BCUT2D eigenvalue weighted by Gasteiger charge is -2.04. The molecule has 0 fully saturated rings. The predicted molar refractivity (Wildman–Crippen MR) is 89.5 cm³/mol. The summed E-state index contributed by atoms with van der Waals surface area (Å²) in [6.07, 6.45) is 1.30. The number of nitrogens with zero attached hydrogens (tertiary/aromatic N) is 2. The number of nitrogens with one attached hydrogen (secondary N) is 1. The van der Waals surface area contributed by atoms with Crippen molar-refractivity contribution in [1.82, 2.24) is 0 Å². The zero-order valence-electron chi connectivity index (χ0n) is 11.7. The number of benzene rings is 2. The van der Waals surface area contributed by atoms with Gasteiger partial charge in [0, 0.05) is 11.8 Å². The number of halogens is 1. The Morgan fingerprint density at radius 1 is 1.26 bits per heavy atom. The largest absolute Gasteiger partial charge is 0.321 e. The summed E-state index contributed by atoms with van der Waals surface area (Å²) in [7, 11) is 0. The fourth-order valence-electron chi connectivity index (χ4n) is 1.79. The maximum absolute atomic E-state index is 12.1. The molecule has 114 valence electrons. The Hall–Kier alpha value is -2.98. The van der Waals surface area contributed by atoms with Gasteiger partial charge in [0.15, 0.2) is 0 Å². The van der Waals surface area contributed by atoms with Gasteiger partial charge in [0.1, 0.15) is 11.6 Å². The molecule has 0 atom stereocenters. The summed E-state index contributed by atoms with van der Waals surface area (Å²) in [6.45, 7) is 0. The van der Waals surface area contributed by atoms with Crippen LogP contribution in [0.5, 0.6) is 0 Å². The second-order valence-electron chi connectivity index (χ2n) is 4.46. The fourth-order valence-corrected chi connectivity index (χ4v) is 2.19. The van der Waals surface area contributed by atoms with Crippen LogP contribution in [0.4, 0.5) is 11.4 Å². The van der Waals surface area contributed by atoms with Crippen molar-refractivity contribution < 1.29 is 9.72 Å². The zero-order chi connectivity index (χ0) is 16.8. The van der Waals surface area contributed by atoms with E-state index < -0.39 is 10.8 Å². The SMILES string of the molecule is N#C/C(=C/c1ccc(Br)c([N+](=O)[O-])c1)C(=O)Nc1ccccc1. The van der Waals surface area contributed by atoms with Crippen molar-refractivity contribution in [1.29, 1.82) is 5.26 Å². The average Bonchev–Trinajstić information content (AvgIpc) is 2.54. The number of hydrogen-bond donors (Lipinski definition) is 1. The molecular weight excluding hydrogens is 362 g/mol. The van der Waals surface area contributed by atoms with Gasteiger partial charge in [-0.3, -0.25) is 14.9 Å². The number of carbonyl (C=O) groups is 1. The van der Waals surface area contributed by atoms with Gasteiger partial charge in [-0.25, -0.2) is 0 Å². The summed E-state index contributed by atoms with van der Waals surface area (Å²) < 4.78 is 0.326. The average molecular weight is 372 g/mol. The van der Waals surface area contributed by atoms with E-state index in [-0.39, 0.29) is 11.3 Å². The van der Waals surface area contributed by atoms with E-state index in [9.17, 15) is 14.9 Å². The number of anilines is 1. The van der Waals surface area contributed by atoms with Crippen LogP contribution in [-0.4, -0.2) is 10.8 Å². The van der Waals surface area contributed by atoms with Crippen LogP contribution in [-0.2, 0) is 4.79 Å². The minimum atomic E-state index is -0.579. The highest BCUT2D eigenvalue weighted by molar-refractivity contribution is 9.10. The first-order valence-electron chi connectivity index (χ1n) is 6.43. The van der Waals surface area contributed by atoms with Crippen molar-refractivity contribution in [3.63, 3.8) is 0 Å². The fraction of sp³-hybridized carbons (Fsp3) is 0. The molecule has 0 heterocycles. The lowest BCUT2D eigenvalue weighted by atomic mass is 10.1. The molecule has 0 aliphatic rings. The molecule has 0 saturated carbocycles. The third-order valence-corrected chi connectivity index (χ3v) is 3.55. The lowest BCUT2D eigenvalue weighted by molar-refractivity contribution is -0.385. The predicted octanol–water partition coefficient (Wildman–Crippen LogP) is 3.90. The molecule has 2 aromatic carbocycles. The van der Waals surface area contributed by atoms with E-state index in [4.69, 9.17) is 5.26 Å². The molecule has 2 aromatic rings. The molecule has 0 bridgehead atoms. The van der Waals surface area contributed by atoms with Gasteiger partial charge in [0.2, 0.25) is 0 Å². The third kappa shape index (κ3) is 4.25. The van der Waals surface area contributed by atoms with E-state index in [2.05, 4.69) is 21.2 Å². The van der Waals surface area contributed by atoms with Gasteiger partial charge in [0.05, 0.1) is 9.40 Å². The minimum Gasteiger partial charge on any atom is -0.321 e. The first-order valence-corrected chi connectivity index (χ1v) is 7.22. The quantitative estimate of drug-likeness (QED) is 0.381. The second kappa shape index (κ2) is 7.33. The molecule has 0 spiro atoms. The molecule has 7 heteroatoms. The van der Waals surface area contributed by atoms with Gasteiger partial charge in [-0.2, -0.15) is 5.26 Å². The Morgan fingerprint density at radius 3 is 2.57 bits per heavy atom. The van der Waals surface area contributed by atoms with Crippen LogP contribution >= 0.6 is 15.9 Å². The van der Waals surface area contributed by atoms with Gasteiger partial charge in [0.25, 0.3) is 11.6 Å². The third-order valence-electron chi connectivity index (χ3n) is 2.87. The maximum Gasteiger partial charge on any atom is 0.284 e. The van der Waals surface area contributed by atoms with Crippen LogP contribution in [0.2, 0.25) is 0 Å². The standard InChI is InChI=1S/C16H10BrN3O3/c17-14-7-6-11(9-15(14)20(22)23)8-12(10-18)16(21)19-13-4-2-1-3-5-13/h1-9H,(H,19,21)/b12-8-. The maximum atomic E-state index is 12.1. The van der Waals surface area contributed by atoms with Gasteiger partial charge in [-0.05, 0) is 45.8 Å². The van der Waals surface area contributed by atoms with Gasteiger partial charge < -0.3 is 5.32 Å². The Labute approximate surface area is 140 Å². The first kappa shape index (κ1) is 16.4. The molecule has 0 unspecified atom stereocenters. The molecule has 0 saturated heterocycles. The van der Waals surface area contributed by atoms with Gasteiger partial charge in [-0.1, -0.05) is 24.3 Å². The number of rotatable bonds is 4. The molecule has 0 aromatic heterocycles. The molecule has 6 nitrogen and oxygen atoms in total. The molecule has 0 aliphatic heterocycles. The van der Waals surface area contributed by atoms with Crippen LogP contribution in [0.15, 0.2) is 58.6 Å². The molecule has 23 heavy (non-hydrogen) atoms. The van der Waals surface area contributed by atoms with E-state index in [0.717, 1.165) is 0 Å². The Kier molecular flexibility index (Phi) is 5.23. The minimum absolute atomic E-state index is 0.139. The molecule has 0 aliphatic carbocycles. The van der Waals surface area contributed by atoms with Crippen molar-refractivity contribution in [2.24, 2.45) is 0 Å². The molecule has 0 radical (unpaired) electrons. The summed E-state index contributed by atoms with van der Waals surface area (Å²) in [5, 5.41) is 22.7. The summed E-state index contributed by atoms with van der Waals surface area (Å²) in [4.78, 5) is 22.5. The number of carbonyl (C=O) groups excluding carboxylic acids is 1. The van der Waals surface area contributed by atoms with Crippen LogP contribution in [0.25, 0.3) is 6.08 Å². The number of para-hydroxylation sites is 1. The first-order chi connectivity index (χ1) is 11.0. The van der Waals surface area contributed by atoms with Gasteiger partial charge in [-0.15, -0.1) is 0 Å². The highest BCUT2D eigenvalue weighted by Crippen LogP contribution is 2.26.